The summed E-state index contributed by atoms with van der Waals surface area (Å²) in [6.07, 6.45) is 4.36. The van der Waals surface area contributed by atoms with Crippen molar-refractivity contribution in [2.24, 2.45) is 0 Å². The van der Waals surface area contributed by atoms with Crippen molar-refractivity contribution in [1.29, 1.82) is 0 Å². The van der Waals surface area contributed by atoms with Crippen LogP contribution in [0.25, 0.3) is 11.1 Å². The number of aromatic nitrogens is 1. The summed E-state index contributed by atoms with van der Waals surface area (Å²) in [7, 11) is 1.38. The van der Waals surface area contributed by atoms with E-state index in [9.17, 15) is 4.79 Å². The molecule has 35 heavy (non-hydrogen) atoms. The van der Waals surface area contributed by atoms with Crippen LogP contribution in [0.2, 0.25) is 0 Å². The first-order chi connectivity index (χ1) is 17.0. The number of pyridine rings is 1. The topological polar surface area (TPSA) is 57.7 Å². The number of hydrogen-bond donors (Lipinski definition) is 0. The second-order valence-corrected chi connectivity index (χ2v) is 8.45. The minimum Gasteiger partial charge on any atom is -0.493 e. The quantitative estimate of drug-likeness (QED) is 0.268. The molecule has 1 heterocycles. The SMILES string of the molecule is COC(=O)c1ccc(-c2cncc(OCc3ccc(OCCc4ccc(C)cc4)cc3)c2)c(C)c1. The Kier molecular flexibility index (Phi) is 7.78. The Morgan fingerprint density at radius 2 is 1.54 bits per heavy atom. The molecule has 5 nitrogen and oxygen atoms in total. The van der Waals surface area contributed by atoms with E-state index in [4.69, 9.17) is 14.2 Å². The molecule has 0 unspecified atom stereocenters. The summed E-state index contributed by atoms with van der Waals surface area (Å²) < 4.78 is 16.7. The lowest BCUT2D eigenvalue weighted by atomic mass is 9.99. The van der Waals surface area contributed by atoms with Gasteiger partial charge in [-0.25, -0.2) is 4.79 Å². The van der Waals surface area contributed by atoms with E-state index < -0.39 is 0 Å². The van der Waals surface area contributed by atoms with E-state index in [1.165, 1.54) is 18.2 Å². The molecule has 178 valence electrons. The molecular formula is C30H29NO4. The highest BCUT2D eigenvalue weighted by Gasteiger charge is 2.10. The lowest BCUT2D eigenvalue weighted by Crippen LogP contribution is -2.02. The van der Waals surface area contributed by atoms with Crippen LogP contribution in [0.1, 0.15) is 32.6 Å². The zero-order chi connectivity index (χ0) is 24.6. The second kappa shape index (κ2) is 11.3. The summed E-state index contributed by atoms with van der Waals surface area (Å²) in [6, 6.07) is 23.9. The fraction of sp³-hybridized carbons (Fsp3) is 0.200. The summed E-state index contributed by atoms with van der Waals surface area (Å²) >= 11 is 0. The largest absolute Gasteiger partial charge is 0.493 e. The zero-order valence-corrected chi connectivity index (χ0v) is 20.3. The number of methoxy groups -OCH3 is 1. The standard InChI is InChI=1S/C30H29NO4/c1-21-4-6-23(7-5-21)14-15-34-27-11-8-24(9-12-27)20-35-28-17-26(18-31-19-28)29-13-10-25(16-22(29)2)30(32)33-3/h4-13,16-19H,14-15,20H2,1-3H3. The maximum absolute atomic E-state index is 11.8. The van der Waals surface area contributed by atoms with Crippen molar-refractivity contribution in [3.8, 4) is 22.6 Å². The van der Waals surface area contributed by atoms with Gasteiger partial charge in [-0.05, 0) is 66.4 Å². The van der Waals surface area contributed by atoms with Gasteiger partial charge in [-0.15, -0.1) is 0 Å². The van der Waals surface area contributed by atoms with Crippen molar-refractivity contribution in [3.05, 3.63) is 113 Å². The van der Waals surface area contributed by atoms with Gasteiger partial charge in [0.2, 0.25) is 0 Å². The van der Waals surface area contributed by atoms with E-state index in [2.05, 4.69) is 36.2 Å². The van der Waals surface area contributed by atoms with Gasteiger partial charge in [0.1, 0.15) is 18.1 Å². The predicted octanol–water partition coefficient (Wildman–Crippen LogP) is 6.35. The molecule has 5 heteroatoms. The zero-order valence-electron chi connectivity index (χ0n) is 20.3. The van der Waals surface area contributed by atoms with Gasteiger partial charge >= 0.3 is 5.97 Å². The smallest absolute Gasteiger partial charge is 0.337 e. The van der Waals surface area contributed by atoms with Crippen LogP contribution in [0, 0.1) is 13.8 Å². The van der Waals surface area contributed by atoms with Crippen LogP contribution in [-0.4, -0.2) is 24.7 Å². The minimum atomic E-state index is -0.349. The van der Waals surface area contributed by atoms with Crippen LogP contribution in [0.15, 0.2) is 85.2 Å². The summed E-state index contributed by atoms with van der Waals surface area (Å²) in [5, 5.41) is 0. The fourth-order valence-electron chi connectivity index (χ4n) is 3.77. The number of rotatable bonds is 9. The van der Waals surface area contributed by atoms with Gasteiger partial charge in [0.15, 0.2) is 0 Å². The Balaban J connectivity index is 1.32. The van der Waals surface area contributed by atoms with E-state index in [-0.39, 0.29) is 5.97 Å². The van der Waals surface area contributed by atoms with Gasteiger partial charge in [-0.3, -0.25) is 4.98 Å². The van der Waals surface area contributed by atoms with Crippen molar-refractivity contribution < 1.29 is 19.0 Å². The van der Waals surface area contributed by atoms with Crippen molar-refractivity contribution >= 4 is 5.97 Å². The minimum absolute atomic E-state index is 0.349. The maximum Gasteiger partial charge on any atom is 0.337 e. The van der Waals surface area contributed by atoms with Crippen molar-refractivity contribution in [1.82, 2.24) is 4.98 Å². The average Bonchev–Trinajstić information content (AvgIpc) is 2.89. The molecule has 0 fully saturated rings. The van der Waals surface area contributed by atoms with Crippen LogP contribution in [0.5, 0.6) is 11.5 Å². The molecule has 0 amide bonds. The van der Waals surface area contributed by atoms with Crippen LogP contribution in [-0.2, 0) is 17.8 Å². The molecular weight excluding hydrogens is 438 g/mol. The molecule has 0 saturated heterocycles. The Labute approximate surface area is 206 Å². The highest BCUT2D eigenvalue weighted by molar-refractivity contribution is 5.90. The first kappa shape index (κ1) is 24.0. The lowest BCUT2D eigenvalue weighted by molar-refractivity contribution is 0.0600. The summed E-state index contributed by atoms with van der Waals surface area (Å²) in [5.74, 6) is 1.17. The van der Waals surface area contributed by atoms with Crippen LogP contribution in [0.4, 0.5) is 0 Å². The Morgan fingerprint density at radius 3 is 2.26 bits per heavy atom. The van der Waals surface area contributed by atoms with E-state index >= 15 is 0 Å². The molecule has 0 aliphatic heterocycles. The molecule has 4 aromatic rings. The van der Waals surface area contributed by atoms with Crippen molar-refractivity contribution in [2.45, 2.75) is 26.9 Å². The Hall–Kier alpha value is -4.12. The predicted molar refractivity (Wildman–Crippen MR) is 137 cm³/mol. The van der Waals surface area contributed by atoms with Crippen LogP contribution in [0.3, 0.4) is 0 Å². The third kappa shape index (κ3) is 6.48. The highest BCUT2D eigenvalue weighted by atomic mass is 16.5. The number of carbonyl (C=O) groups excluding carboxylic acids is 1. The monoisotopic (exact) mass is 467 g/mol. The Morgan fingerprint density at radius 1 is 0.800 bits per heavy atom. The van der Waals surface area contributed by atoms with E-state index in [1.54, 1.807) is 18.5 Å². The van der Waals surface area contributed by atoms with Gasteiger partial charge in [-0.1, -0.05) is 48.0 Å². The summed E-state index contributed by atoms with van der Waals surface area (Å²) in [5.41, 5.74) is 6.98. The van der Waals surface area contributed by atoms with Crippen molar-refractivity contribution in [2.75, 3.05) is 13.7 Å². The number of nitrogens with zero attached hydrogens (tertiary/aromatic N) is 1. The summed E-state index contributed by atoms with van der Waals surface area (Å²) in [4.78, 5) is 16.1. The third-order valence-electron chi connectivity index (χ3n) is 5.78. The lowest BCUT2D eigenvalue weighted by Gasteiger charge is -2.11. The molecule has 0 saturated carbocycles. The molecule has 0 atom stereocenters. The number of ether oxygens (including phenoxy) is 3. The number of esters is 1. The van der Waals surface area contributed by atoms with Gasteiger partial charge in [0, 0.05) is 18.2 Å². The van der Waals surface area contributed by atoms with E-state index in [1.807, 2.05) is 49.4 Å². The normalized spacial score (nSPS) is 10.6. The molecule has 0 bridgehead atoms. The number of carbonyl (C=O) groups is 1. The molecule has 4 rings (SSSR count). The van der Waals surface area contributed by atoms with Gasteiger partial charge in [-0.2, -0.15) is 0 Å². The number of hydrogen-bond acceptors (Lipinski definition) is 5. The van der Waals surface area contributed by atoms with Crippen molar-refractivity contribution in [3.63, 3.8) is 0 Å². The maximum atomic E-state index is 11.8. The van der Waals surface area contributed by atoms with Gasteiger partial charge < -0.3 is 14.2 Å². The molecule has 0 radical (unpaired) electrons. The fourth-order valence-corrected chi connectivity index (χ4v) is 3.77. The molecule has 0 spiro atoms. The summed E-state index contributed by atoms with van der Waals surface area (Å²) in [6.45, 7) is 5.11. The third-order valence-corrected chi connectivity index (χ3v) is 5.78. The van der Waals surface area contributed by atoms with E-state index in [0.717, 1.165) is 34.4 Å². The molecule has 3 aromatic carbocycles. The highest BCUT2D eigenvalue weighted by Crippen LogP contribution is 2.27. The molecule has 0 aliphatic carbocycles. The van der Waals surface area contributed by atoms with Crippen LogP contribution >= 0.6 is 0 Å². The first-order valence-corrected chi connectivity index (χ1v) is 11.6. The van der Waals surface area contributed by atoms with Gasteiger partial charge in [0.25, 0.3) is 0 Å². The van der Waals surface area contributed by atoms with E-state index in [0.29, 0.717) is 24.5 Å². The molecule has 1 aromatic heterocycles. The molecule has 0 N–H and O–H groups in total. The van der Waals surface area contributed by atoms with Crippen LogP contribution < -0.4 is 9.47 Å². The average molecular weight is 468 g/mol. The number of aryl methyl sites for hydroxylation is 2. The second-order valence-electron chi connectivity index (χ2n) is 8.45. The first-order valence-electron chi connectivity index (χ1n) is 11.6. The molecule has 0 aliphatic rings. The van der Waals surface area contributed by atoms with Gasteiger partial charge in [0.05, 0.1) is 25.5 Å². The number of benzene rings is 3. The Bertz CT molecular complexity index is 1280.